The molecule has 0 bridgehead atoms. The number of hydrazine groups is 1. The maximum Gasteiger partial charge on any atom is 0.260 e. The van der Waals surface area contributed by atoms with Crippen LogP contribution in [-0.4, -0.2) is 45.8 Å². The van der Waals surface area contributed by atoms with E-state index in [4.69, 9.17) is 4.74 Å². The van der Waals surface area contributed by atoms with Gasteiger partial charge in [0.25, 0.3) is 11.8 Å². The van der Waals surface area contributed by atoms with E-state index < -0.39 is 46.8 Å². The van der Waals surface area contributed by atoms with Crippen LogP contribution in [0.15, 0.2) is 100 Å². The van der Waals surface area contributed by atoms with E-state index in [0.29, 0.717) is 27.7 Å². The molecule has 6 unspecified atom stereocenters. The summed E-state index contributed by atoms with van der Waals surface area (Å²) >= 11 is 4.99. The molecule has 3 fully saturated rings. The molecule has 4 aromatic rings. The normalized spacial score (nSPS) is 27.2. The first kappa shape index (κ1) is 32.5. The van der Waals surface area contributed by atoms with Gasteiger partial charge in [-0.1, -0.05) is 65.7 Å². The number of likely N-dealkylation sites (tertiary alicyclic amines) is 1. The molecule has 50 heavy (non-hydrogen) atoms. The van der Waals surface area contributed by atoms with Crippen molar-refractivity contribution in [1.82, 2.24) is 9.91 Å². The molecule has 2 saturated heterocycles. The summed E-state index contributed by atoms with van der Waals surface area (Å²) in [4.78, 5) is 60.6. The Hall–Kier alpha value is -4.74. The highest BCUT2D eigenvalue weighted by molar-refractivity contribution is 9.10. The number of carbonyl (C=O) groups excluding carboxylic acids is 4. The second-order valence-corrected chi connectivity index (χ2v) is 15.4. The minimum absolute atomic E-state index is 0.0936. The van der Waals surface area contributed by atoms with Gasteiger partial charge in [-0.05, 0) is 88.5 Å². The molecule has 8 rings (SSSR count). The highest BCUT2D eigenvalue weighted by Gasteiger charge is 2.70. The van der Waals surface area contributed by atoms with Crippen LogP contribution in [0.5, 0.6) is 11.5 Å². The van der Waals surface area contributed by atoms with Gasteiger partial charge in [0.05, 0.1) is 47.0 Å². The van der Waals surface area contributed by atoms with E-state index in [1.165, 1.54) is 23.3 Å². The molecule has 4 aliphatic rings. The number of aryl methyl sites for hydroxylation is 1. The summed E-state index contributed by atoms with van der Waals surface area (Å²) in [6, 6.07) is 24.1. The van der Waals surface area contributed by atoms with Gasteiger partial charge < -0.3 is 9.84 Å². The lowest BCUT2D eigenvalue weighted by Crippen LogP contribution is -2.53. The number of carbonyl (C=O) groups is 4. The van der Waals surface area contributed by atoms with E-state index in [1.54, 1.807) is 12.1 Å². The number of anilines is 1. The van der Waals surface area contributed by atoms with Gasteiger partial charge >= 0.3 is 0 Å². The number of nitrogens with one attached hydrogen (secondary N) is 1. The number of hydrogen-bond donors (Lipinski definition) is 2. The van der Waals surface area contributed by atoms with Crippen molar-refractivity contribution in [2.45, 2.75) is 37.6 Å². The molecule has 1 aromatic heterocycles. The van der Waals surface area contributed by atoms with Gasteiger partial charge in [-0.2, -0.15) is 5.01 Å². The predicted molar refractivity (Wildman–Crippen MR) is 191 cm³/mol. The molecule has 2 N–H and O–H groups in total. The summed E-state index contributed by atoms with van der Waals surface area (Å²) in [6.07, 6.45) is 2.56. The Balaban J connectivity index is 1.33. The van der Waals surface area contributed by atoms with Crippen molar-refractivity contribution in [2.24, 2.45) is 23.7 Å². The molecule has 3 aromatic carbocycles. The molecule has 9 nitrogen and oxygen atoms in total. The quantitative estimate of drug-likeness (QED) is 0.159. The minimum Gasteiger partial charge on any atom is -0.503 e. The summed E-state index contributed by atoms with van der Waals surface area (Å²) < 4.78 is 5.95. The van der Waals surface area contributed by atoms with Crippen LogP contribution in [0.2, 0.25) is 0 Å². The van der Waals surface area contributed by atoms with Crippen LogP contribution >= 0.6 is 27.3 Å². The smallest absolute Gasteiger partial charge is 0.260 e. The Morgan fingerprint density at radius 3 is 2.42 bits per heavy atom. The number of rotatable bonds is 7. The first-order chi connectivity index (χ1) is 24.1. The average molecular weight is 753 g/mol. The average Bonchev–Trinajstić information content (AvgIpc) is 3.79. The zero-order valence-corrected chi connectivity index (χ0v) is 29.7. The van der Waals surface area contributed by atoms with Crippen molar-refractivity contribution in [1.29, 1.82) is 0 Å². The van der Waals surface area contributed by atoms with Gasteiger partial charge in [-0.3, -0.25) is 29.5 Å². The zero-order valence-electron chi connectivity index (χ0n) is 27.3. The Bertz CT molecular complexity index is 2070. The molecule has 0 radical (unpaired) electrons. The van der Waals surface area contributed by atoms with E-state index in [1.807, 2.05) is 85.1 Å². The Morgan fingerprint density at radius 2 is 1.72 bits per heavy atom. The molecule has 1 saturated carbocycles. The van der Waals surface area contributed by atoms with Gasteiger partial charge in [-0.25, -0.2) is 0 Å². The van der Waals surface area contributed by atoms with Crippen LogP contribution in [0.25, 0.3) is 0 Å². The number of benzene rings is 3. The number of nitrogens with zero attached hydrogens (tertiary/aromatic N) is 2. The van der Waals surface area contributed by atoms with Crippen LogP contribution < -0.4 is 10.2 Å². The van der Waals surface area contributed by atoms with Gasteiger partial charge in [0.2, 0.25) is 11.8 Å². The molecule has 254 valence electrons. The number of methoxy groups -OCH3 is 1. The highest BCUT2D eigenvalue weighted by Crippen LogP contribution is 2.64. The van der Waals surface area contributed by atoms with Crippen LogP contribution in [0.3, 0.4) is 0 Å². The van der Waals surface area contributed by atoms with Crippen molar-refractivity contribution in [3.63, 3.8) is 0 Å². The lowest BCUT2D eigenvalue weighted by molar-refractivity contribution is -0.141. The Morgan fingerprint density at radius 1 is 0.960 bits per heavy atom. The molecule has 4 amide bonds. The topological polar surface area (TPSA) is 116 Å². The fourth-order valence-electron chi connectivity index (χ4n) is 8.82. The summed E-state index contributed by atoms with van der Waals surface area (Å²) in [5.41, 5.74) is 5.46. The van der Waals surface area contributed by atoms with Crippen LogP contribution in [0.1, 0.15) is 40.3 Å². The van der Waals surface area contributed by atoms with Gasteiger partial charge in [0.15, 0.2) is 11.5 Å². The SMILES string of the molecule is COc1cc(C2C3=CCC4C(=O)N(Cc5cccs5)C(=O)C4C3CC3C(=O)N(Nc4ccc(C)cc4)C(=O)C32c2ccccc2)cc(Br)c1O. The van der Waals surface area contributed by atoms with E-state index in [9.17, 15) is 19.5 Å². The summed E-state index contributed by atoms with van der Waals surface area (Å²) in [5, 5.41) is 13.9. The van der Waals surface area contributed by atoms with Crippen molar-refractivity contribution < 1.29 is 29.0 Å². The molecule has 6 atom stereocenters. The van der Waals surface area contributed by atoms with Crippen molar-refractivity contribution in [2.75, 3.05) is 12.5 Å². The third-order valence-electron chi connectivity index (χ3n) is 11.0. The number of ether oxygens (including phenoxy) is 1. The number of phenols is 1. The fourth-order valence-corrected chi connectivity index (χ4v) is 9.97. The van der Waals surface area contributed by atoms with Crippen LogP contribution in [-0.2, 0) is 31.1 Å². The number of aromatic hydroxyl groups is 1. The number of hydrogen-bond acceptors (Lipinski definition) is 8. The number of allylic oxidation sites excluding steroid dienone is 2. The van der Waals surface area contributed by atoms with Crippen LogP contribution in [0, 0.1) is 30.6 Å². The number of halogens is 1. The number of amides is 4. The zero-order chi connectivity index (χ0) is 34.9. The Labute approximate surface area is 301 Å². The second-order valence-electron chi connectivity index (χ2n) is 13.5. The molecule has 11 heteroatoms. The molecule has 3 heterocycles. The number of thiophene rings is 1. The standard InChI is InChI=1S/C39H34BrN3O6S/c1-21-10-12-24(13-11-21)41-43-36(46)29-19-28-26(14-15-27-32(28)37(47)42(35(27)45)20-25-9-6-16-50-25)33(22-17-30(40)34(44)31(18-22)49-2)39(29,38(43)48)23-7-4-3-5-8-23/h3-14,16-18,27-29,32-33,41,44H,15,19-20H2,1-2H3. The summed E-state index contributed by atoms with van der Waals surface area (Å²) in [6.45, 7) is 2.17. The van der Waals surface area contributed by atoms with Crippen molar-refractivity contribution in [3.8, 4) is 11.5 Å². The maximum atomic E-state index is 15.3. The number of imide groups is 2. The first-order valence-corrected chi connectivity index (χ1v) is 18.2. The second kappa shape index (κ2) is 12.2. The van der Waals surface area contributed by atoms with E-state index in [0.717, 1.165) is 21.0 Å². The van der Waals surface area contributed by atoms with Gasteiger partial charge in [0, 0.05) is 10.8 Å². The minimum atomic E-state index is -1.42. The first-order valence-electron chi connectivity index (χ1n) is 16.6. The van der Waals surface area contributed by atoms with E-state index in [2.05, 4.69) is 21.4 Å². The third kappa shape index (κ3) is 4.77. The largest absolute Gasteiger partial charge is 0.503 e. The fraction of sp³-hybridized carbons (Fsp3) is 0.282. The molecule has 2 aliphatic heterocycles. The maximum absolute atomic E-state index is 15.3. The lowest BCUT2D eigenvalue weighted by atomic mass is 9.49. The Kier molecular flexibility index (Phi) is 7.95. The van der Waals surface area contributed by atoms with Crippen molar-refractivity contribution >= 4 is 56.6 Å². The molecule has 2 aliphatic carbocycles. The summed E-state index contributed by atoms with van der Waals surface area (Å²) in [7, 11) is 1.46. The van der Waals surface area contributed by atoms with Gasteiger partial charge in [0.1, 0.15) is 0 Å². The predicted octanol–water partition coefficient (Wildman–Crippen LogP) is 6.72. The third-order valence-corrected chi connectivity index (χ3v) is 12.4. The summed E-state index contributed by atoms with van der Waals surface area (Å²) in [5.74, 6) is -4.50. The molecular formula is C39H34BrN3O6S. The van der Waals surface area contributed by atoms with Crippen LogP contribution in [0.4, 0.5) is 5.69 Å². The van der Waals surface area contributed by atoms with Crippen molar-refractivity contribution in [3.05, 3.63) is 122 Å². The van der Waals surface area contributed by atoms with E-state index in [-0.39, 0.29) is 36.3 Å². The number of phenolic OH excluding ortho intramolecular Hbond substituents is 1. The van der Waals surface area contributed by atoms with E-state index >= 15 is 4.79 Å². The molecular weight excluding hydrogens is 718 g/mol. The van der Waals surface area contributed by atoms with Gasteiger partial charge in [-0.15, -0.1) is 11.3 Å². The number of fused-ring (bicyclic) bond motifs is 4. The monoisotopic (exact) mass is 751 g/mol. The highest BCUT2D eigenvalue weighted by atomic mass is 79.9. The lowest BCUT2D eigenvalue weighted by Gasteiger charge is -2.50. The molecule has 0 spiro atoms.